The molecule has 1 aromatic carbocycles. The Balaban J connectivity index is 1.99. The number of hydrogen-bond acceptors (Lipinski definition) is 3. The highest BCUT2D eigenvalue weighted by Crippen LogP contribution is 2.44. The standard InChI is InChI=1S/C15H17N3S/c1-15(6-7-15)9-17-14-11(13(16)19)8-10-4-2-3-5-12(10)18-14/h2-5,8H,6-7,9H2,1H3,(H2,16,19)(H,17,18). The van der Waals surface area contributed by atoms with Crippen molar-refractivity contribution in [1.29, 1.82) is 0 Å². The Morgan fingerprint density at radius 2 is 2.16 bits per heavy atom. The molecule has 1 fully saturated rings. The van der Waals surface area contributed by atoms with Crippen molar-refractivity contribution < 1.29 is 0 Å². The Labute approximate surface area is 118 Å². The molecule has 0 amide bonds. The van der Waals surface area contributed by atoms with Gasteiger partial charge in [-0.05, 0) is 30.4 Å². The van der Waals surface area contributed by atoms with Crippen LogP contribution in [0.5, 0.6) is 0 Å². The van der Waals surface area contributed by atoms with E-state index in [1.807, 2.05) is 30.3 Å². The van der Waals surface area contributed by atoms with Gasteiger partial charge in [-0.2, -0.15) is 0 Å². The maximum absolute atomic E-state index is 5.81. The van der Waals surface area contributed by atoms with Crippen LogP contribution in [0.25, 0.3) is 10.9 Å². The summed E-state index contributed by atoms with van der Waals surface area (Å²) in [5.74, 6) is 0.805. The molecule has 3 N–H and O–H groups in total. The molecule has 19 heavy (non-hydrogen) atoms. The molecule has 0 saturated heterocycles. The molecule has 0 atom stereocenters. The fourth-order valence-electron chi connectivity index (χ4n) is 2.13. The third kappa shape index (κ3) is 2.54. The average Bonchev–Trinajstić information content (AvgIpc) is 3.13. The summed E-state index contributed by atoms with van der Waals surface area (Å²) in [6.45, 7) is 3.20. The maximum atomic E-state index is 5.81. The van der Waals surface area contributed by atoms with Gasteiger partial charge in [0, 0.05) is 11.9 Å². The molecule has 1 aliphatic rings. The Hall–Kier alpha value is -1.68. The molecule has 0 unspecified atom stereocenters. The summed E-state index contributed by atoms with van der Waals surface area (Å²) in [5, 5.41) is 4.47. The number of thiocarbonyl (C=S) groups is 1. The van der Waals surface area contributed by atoms with Crippen LogP contribution in [0.3, 0.4) is 0 Å². The molecule has 1 aromatic heterocycles. The van der Waals surface area contributed by atoms with Crippen molar-refractivity contribution in [1.82, 2.24) is 4.98 Å². The lowest BCUT2D eigenvalue weighted by Crippen LogP contribution is -2.18. The highest BCUT2D eigenvalue weighted by atomic mass is 32.1. The van der Waals surface area contributed by atoms with Crippen molar-refractivity contribution >= 4 is 33.9 Å². The predicted octanol–water partition coefficient (Wildman–Crippen LogP) is 3.08. The SMILES string of the molecule is CC1(CNc2nc3ccccc3cc2C(N)=S)CC1. The van der Waals surface area contributed by atoms with Crippen LogP contribution in [0.2, 0.25) is 0 Å². The van der Waals surface area contributed by atoms with Crippen molar-refractivity contribution in [3.63, 3.8) is 0 Å². The second kappa shape index (κ2) is 4.46. The average molecular weight is 271 g/mol. The number of anilines is 1. The van der Waals surface area contributed by atoms with E-state index in [0.717, 1.165) is 28.8 Å². The van der Waals surface area contributed by atoms with Crippen LogP contribution in [0, 0.1) is 5.41 Å². The minimum Gasteiger partial charge on any atom is -0.389 e. The monoisotopic (exact) mass is 271 g/mol. The fourth-order valence-corrected chi connectivity index (χ4v) is 2.28. The number of pyridine rings is 1. The molecule has 98 valence electrons. The fraction of sp³-hybridized carbons (Fsp3) is 0.333. The van der Waals surface area contributed by atoms with E-state index in [2.05, 4.69) is 17.2 Å². The number of nitrogens with two attached hydrogens (primary N) is 1. The van der Waals surface area contributed by atoms with Gasteiger partial charge >= 0.3 is 0 Å². The van der Waals surface area contributed by atoms with E-state index in [1.165, 1.54) is 12.8 Å². The number of nitrogens with zero attached hydrogens (tertiary/aromatic N) is 1. The van der Waals surface area contributed by atoms with Crippen LogP contribution in [-0.4, -0.2) is 16.5 Å². The van der Waals surface area contributed by atoms with Crippen molar-refractivity contribution in [3.8, 4) is 0 Å². The quantitative estimate of drug-likeness (QED) is 0.839. The van der Waals surface area contributed by atoms with Gasteiger partial charge in [0.1, 0.15) is 10.8 Å². The third-order valence-electron chi connectivity index (χ3n) is 3.78. The van der Waals surface area contributed by atoms with Gasteiger partial charge < -0.3 is 11.1 Å². The highest BCUT2D eigenvalue weighted by Gasteiger charge is 2.37. The van der Waals surface area contributed by atoms with Gasteiger partial charge in [0.15, 0.2) is 0 Å². The van der Waals surface area contributed by atoms with Crippen molar-refractivity contribution in [2.75, 3.05) is 11.9 Å². The lowest BCUT2D eigenvalue weighted by Gasteiger charge is -2.14. The van der Waals surface area contributed by atoms with Gasteiger partial charge in [0.25, 0.3) is 0 Å². The summed E-state index contributed by atoms with van der Waals surface area (Å²) in [5.41, 5.74) is 8.02. The van der Waals surface area contributed by atoms with E-state index in [-0.39, 0.29) is 0 Å². The first-order valence-electron chi connectivity index (χ1n) is 6.51. The van der Waals surface area contributed by atoms with E-state index in [0.29, 0.717) is 10.4 Å². The molecule has 1 saturated carbocycles. The Morgan fingerprint density at radius 1 is 1.42 bits per heavy atom. The third-order valence-corrected chi connectivity index (χ3v) is 4.00. The Bertz CT molecular complexity index is 647. The molecule has 1 heterocycles. The minimum atomic E-state index is 0.390. The van der Waals surface area contributed by atoms with E-state index in [9.17, 15) is 0 Å². The second-order valence-electron chi connectivity index (χ2n) is 5.61. The van der Waals surface area contributed by atoms with E-state index in [4.69, 9.17) is 18.0 Å². The molecule has 3 nitrogen and oxygen atoms in total. The van der Waals surface area contributed by atoms with Crippen LogP contribution in [0.4, 0.5) is 5.82 Å². The smallest absolute Gasteiger partial charge is 0.136 e. The largest absolute Gasteiger partial charge is 0.389 e. The molecule has 4 heteroatoms. The van der Waals surface area contributed by atoms with Crippen molar-refractivity contribution in [2.24, 2.45) is 11.1 Å². The van der Waals surface area contributed by atoms with Crippen LogP contribution in [0.1, 0.15) is 25.3 Å². The van der Waals surface area contributed by atoms with Gasteiger partial charge in [-0.25, -0.2) is 4.98 Å². The zero-order valence-electron chi connectivity index (χ0n) is 10.9. The first-order chi connectivity index (χ1) is 9.07. The number of para-hydroxylation sites is 1. The van der Waals surface area contributed by atoms with E-state index < -0.39 is 0 Å². The van der Waals surface area contributed by atoms with Gasteiger partial charge in [-0.3, -0.25) is 0 Å². The van der Waals surface area contributed by atoms with Gasteiger partial charge in [-0.1, -0.05) is 37.3 Å². The molecular formula is C15H17N3S. The summed E-state index contributed by atoms with van der Waals surface area (Å²) in [6.07, 6.45) is 2.55. The minimum absolute atomic E-state index is 0.390. The normalized spacial score (nSPS) is 16.3. The summed E-state index contributed by atoms with van der Waals surface area (Å²) >= 11 is 5.13. The van der Waals surface area contributed by atoms with Gasteiger partial charge in [0.05, 0.1) is 11.1 Å². The molecule has 0 aliphatic heterocycles. The molecular weight excluding hydrogens is 254 g/mol. The van der Waals surface area contributed by atoms with Crippen molar-refractivity contribution in [3.05, 3.63) is 35.9 Å². The number of hydrogen-bond donors (Lipinski definition) is 2. The first kappa shape index (κ1) is 12.4. The number of nitrogens with one attached hydrogen (secondary N) is 1. The summed E-state index contributed by atoms with van der Waals surface area (Å²) < 4.78 is 0. The second-order valence-corrected chi connectivity index (χ2v) is 6.05. The summed E-state index contributed by atoms with van der Waals surface area (Å²) in [6, 6.07) is 10.0. The number of aromatic nitrogens is 1. The maximum Gasteiger partial charge on any atom is 0.136 e. The Kier molecular flexibility index (Phi) is 2.90. The summed E-state index contributed by atoms with van der Waals surface area (Å²) in [7, 11) is 0. The molecule has 0 bridgehead atoms. The highest BCUT2D eigenvalue weighted by molar-refractivity contribution is 7.80. The molecule has 0 spiro atoms. The molecule has 2 aromatic rings. The number of fused-ring (bicyclic) bond motifs is 1. The van der Waals surface area contributed by atoms with Crippen LogP contribution >= 0.6 is 12.2 Å². The van der Waals surface area contributed by atoms with Crippen LogP contribution < -0.4 is 11.1 Å². The Morgan fingerprint density at radius 3 is 2.84 bits per heavy atom. The first-order valence-corrected chi connectivity index (χ1v) is 6.92. The van der Waals surface area contributed by atoms with Crippen molar-refractivity contribution in [2.45, 2.75) is 19.8 Å². The lowest BCUT2D eigenvalue weighted by molar-refractivity contribution is 0.609. The van der Waals surface area contributed by atoms with Gasteiger partial charge in [0.2, 0.25) is 0 Å². The van der Waals surface area contributed by atoms with E-state index in [1.54, 1.807) is 0 Å². The molecule has 0 radical (unpaired) electrons. The topological polar surface area (TPSA) is 50.9 Å². The molecule has 3 rings (SSSR count). The predicted molar refractivity (Wildman–Crippen MR) is 83.5 cm³/mol. The van der Waals surface area contributed by atoms with E-state index >= 15 is 0 Å². The number of benzene rings is 1. The van der Waals surface area contributed by atoms with Gasteiger partial charge in [-0.15, -0.1) is 0 Å². The lowest BCUT2D eigenvalue weighted by atomic mass is 10.1. The zero-order valence-corrected chi connectivity index (χ0v) is 11.8. The van der Waals surface area contributed by atoms with Crippen LogP contribution in [-0.2, 0) is 0 Å². The molecule has 1 aliphatic carbocycles. The number of rotatable bonds is 4. The summed E-state index contributed by atoms with van der Waals surface area (Å²) in [4.78, 5) is 5.04. The zero-order chi connectivity index (χ0) is 13.5. The van der Waals surface area contributed by atoms with Crippen LogP contribution in [0.15, 0.2) is 30.3 Å².